The van der Waals surface area contributed by atoms with Crippen LogP contribution in [-0.2, 0) is 16.0 Å². The van der Waals surface area contributed by atoms with Crippen LogP contribution in [0.5, 0.6) is 5.75 Å². The minimum absolute atomic E-state index is 0.0809. The van der Waals surface area contributed by atoms with Gasteiger partial charge in [-0.2, -0.15) is 0 Å². The first-order valence-corrected chi connectivity index (χ1v) is 13.7. The van der Waals surface area contributed by atoms with Gasteiger partial charge in [-0.15, -0.1) is 0 Å². The molecule has 8 nitrogen and oxygen atoms in total. The van der Waals surface area contributed by atoms with Gasteiger partial charge in [0.15, 0.2) is 6.29 Å². The number of rotatable bonds is 10. The van der Waals surface area contributed by atoms with E-state index in [1.165, 1.54) is 7.11 Å². The van der Waals surface area contributed by atoms with Crippen LogP contribution in [0.15, 0.2) is 66.7 Å². The number of hydrogen-bond donors (Lipinski definition) is 2. The second kappa shape index (κ2) is 13.3. The number of methoxy groups -OCH3 is 1. The summed E-state index contributed by atoms with van der Waals surface area (Å²) >= 11 is 0. The highest BCUT2D eigenvalue weighted by atomic mass is 16.6. The second-order valence-electron chi connectivity index (χ2n) is 10.8. The van der Waals surface area contributed by atoms with Crippen molar-refractivity contribution in [1.29, 1.82) is 0 Å². The molecule has 1 saturated heterocycles. The Kier molecular flexibility index (Phi) is 9.56. The number of anilines is 2. The number of amides is 2. The highest BCUT2D eigenvalue weighted by Crippen LogP contribution is 2.30. The third kappa shape index (κ3) is 7.93. The third-order valence-corrected chi connectivity index (χ3v) is 7.31. The maximum atomic E-state index is 12.9. The summed E-state index contributed by atoms with van der Waals surface area (Å²) in [5.41, 5.74) is 4.61. The largest absolute Gasteiger partial charge is 0.496 e. The molecular weight excluding hydrogens is 506 g/mol. The fourth-order valence-electron chi connectivity index (χ4n) is 4.93. The number of hydrogen-bond acceptors (Lipinski definition) is 5. The molecule has 2 N–H and O–H groups in total. The van der Waals surface area contributed by atoms with E-state index in [4.69, 9.17) is 9.47 Å². The van der Waals surface area contributed by atoms with Gasteiger partial charge < -0.3 is 19.3 Å². The quantitative estimate of drug-likeness (QED) is 0.244. The molecule has 0 spiro atoms. The standard InChI is InChI=1S/C32H37N3O5/c1-35(2)18-16-27(17-19-35)40-32(38)34-29-20-23(12-15-28(29)24-9-5-4-6-10-24)8-7-11-31(37)33-26-14-13-25(22-36)30(21-26)39-3/h4-6,9-10,12-15,20-22,27H,7-8,11,16-19H2,1-3H3,(H-,33,34,36,37,38)/p+1. The van der Waals surface area contributed by atoms with Gasteiger partial charge in [0.1, 0.15) is 11.9 Å². The molecule has 0 radical (unpaired) electrons. The molecule has 210 valence electrons. The van der Waals surface area contributed by atoms with Gasteiger partial charge in [0.05, 0.1) is 45.5 Å². The second-order valence-corrected chi connectivity index (χ2v) is 10.8. The first-order valence-electron chi connectivity index (χ1n) is 13.7. The van der Waals surface area contributed by atoms with E-state index in [2.05, 4.69) is 24.7 Å². The molecule has 0 aliphatic carbocycles. The van der Waals surface area contributed by atoms with Crippen molar-refractivity contribution in [3.63, 3.8) is 0 Å². The van der Waals surface area contributed by atoms with Gasteiger partial charge in [-0.25, -0.2) is 4.79 Å². The molecule has 1 aliphatic heterocycles. The number of benzene rings is 3. The highest BCUT2D eigenvalue weighted by Gasteiger charge is 2.28. The summed E-state index contributed by atoms with van der Waals surface area (Å²) in [5.74, 6) is 0.286. The Labute approximate surface area is 235 Å². The van der Waals surface area contributed by atoms with Gasteiger partial charge in [0, 0.05) is 36.6 Å². The highest BCUT2D eigenvalue weighted by molar-refractivity contribution is 5.93. The summed E-state index contributed by atoms with van der Waals surface area (Å²) in [5, 5.41) is 5.84. The van der Waals surface area contributed by atoms with Crippen molar-refractivity contribution in [2.24, 2.45) is 0 Å². The predicted octanol–water partition coefficient (Wildman–Crippen LogP) is 5.92. The molecule has 0 aromatic heterocycles. The van der Waals surface area contributed by atoms with E-state index in [1.807, 2.05) is 48.5 Å². The molecule has 40 heavy (non-hydrogen) atoms. The molecule has 1 heterocycles. The fraction of sp³-hybridized carbons (Fsp3) is 0.344. The normalized spacial score (nSPS) is 14.7. The van der Waals surface area contributed by atoms with Gasteiger partial charge in [-0.05, 0) is 42.2 Å². The number of nitrogens with zero attached hydrogens (tertiary/aromatic N) is 1. The van der Waals surface area contributed by atoms with E-state index in [9.17, 15) is 14.4 Å². The van der Waals surface area contributed by atoms with E-state index < -0.39 is 6.09 Å². The molecule has 0 bridgehead atoms. The van der Waals surface area contributed by atoms with Crippen LogP contribution in [0.25, 0.3) is 11.1 Å². The van der Waals surface area contributed by atoms with Crippen LogP contribution in [0.3, 0.4) is 0 Å². The maximum Gasteiger partial charge on any atom is 0.411 e. The zero-order valence-electron chi connectivity index (χ0n) is 23.4. The van der Waals surface area contributed by atoms with Crippen molar-refractivity contribution in [3.8, 4) is 16.9 Å². The molecule has 3 aromatic carbocycles. The van der Waals surface area contributed by atoms with Crippen LogP contribution in [0.4, 0.5) is 16.2 Å². The topological polar surface area (TPSA) is 93.7 Å². The number of likely N-dealkylation sites (tertiary alicyclic amines) is 1. The van der Waals surface area contributed by atoms with Gasteiger partial charge in [0.25, 0.3) is 0 Å². The number of nitrogens with one attached hydrogen (secondary N) is 2. The number of aryl methyl sites for hydroxylation is 1. The summed E-state index contributed by atoms with van der Waals surface area (Å²) in [7, 11) is 5.87. The summed E-state index contributed by atoms with van der Waals surface area (Å²) in [6, 6.07) is 20.8. The number of piperidine rings is 1. The van der Waals surface area contributed by atoms with Crippen LogP contribution in [0.2, 0.25) is 0 Å². The number of aldehydes is 1. The van der Waals surface area contributed by atoms with Gasteiger partial charge in [0.2, 0.25) is 5.91 Å². The number of carbonyl (C=O) groups excluding carboxylic acids is 3. The van der Waals surface area contributed by atoms with E-state index in [0.717, 1.165) is 47.1 Å². The lowest BCUT2D eigenvalue weighted by atomic mass is 9.99. The van der Waals surface area contributed by atoms with Crippen LogP contribution >= 0.6 is 0 Å². The summed E-state index contributed by atoms with van der Waals surface area (Å²) in [6.45, 7) is 1.96. The third-order valence-electron chi connectivity index (χ3n) is 7.31. The van der Waals surface area contributed by atoms with Crippen molar-refractivity contribution in [1.82, 2.24) is 0 Å². The van der Waals surface area contributed by atoms with Gasteiger partial charge in [-0.1, -0.05) is 42.5 Å². The monoisotopic (exact) mass is 544 g/mol. The van der Waals surface area contributed by atoms with E-state index in [0.29, 0.717) is 48.2 Å². The molecule has 1 aliphatic rings. The first-order chi connectivity index (χ1) is 19.3. The number of carbonyl (C=O) groups is 3. The van der Waals surface area contributed by atoms with Crippen molar-refractivity contribution in [3.05, 3.63) is 77.9 Å². The fourth-order valence-corrected chi connectivity index (χ4v) is 4.93. The van der Waals surface area contributed by atoms with Crippen LogP contribution < -0.4 is 15.4 Å². The zero-order chi connectivity index (χ0) is 28.5. The zero-order valence-corrected chi connectivity index (χ0v) is 23.4. The van der Waals surface area contributed by atoms with Crippen LogP contribution in [-0.4, -0.2) is 63.2 Å². The van der Waals surface area contributed by atoms with Crippen molar-refractivity contribution < 1.29 is 28.3 Å². The molecular formula is C32H38N3O5+. The summed E-state index contributed by atoms with van der Waals surface area (Å²) in [4.78, 5) is 36.5. The van der Waals surface area contributed by atoms with Crippen LogP contribution in [0, 0.1) is 0 Å². The minimum atomic E-state index is -0.443. The van der Waals surface area contributed by atoms with Gasteiger partial charge >= 0.3 is 6.09 Å². The lowest BCUT2D eigenvalue weighted by Gasteiger charge is -2.36. The van der Waals surface area contributed by atoms with Crippen LogP contribution in [0.1, 0.15) is 41.6 Å². The summed E-state index contributed by atoms with van der Waals surface area (Å²) in [6.07, 6.45) is 3.50. The average molecular weight is 545 g/mol. The number of ether oxygens (including phenoxy) is 2. The lowest BCUT2D eigenvalue weighted by Crippen LogP contribution is -2.48. The predicted molar refractivity (Wildman–Crippen MR) is 157 cm³/mol. The molecule has 8 heteroatoms. The molecule has 4 rings (SSSR count). The van der Waals surface area contributed by atoms with Crippen molar-refractivity contribution >= 4 is 29.7 Å². The summed E-state index contributed by atoms with van der Waals surface area (Å²) < 4.78 is 11.9. The molecule has 3 aromatic rings. The molecule has 1 fully saturated rings. The van der Waals surface area contributed by atoms with E-state index in [1.54, 1.807) is 18.2 Å². The molecule has 2 amide bonds. The maximum absolute atomic E-state index is 12.9. The molecule has 0 unspecified atom stereocenters. The Morgan fingerprint density at radius 2 is 1.73 bits per heavy atom. The SMILES string of the molecule is COc1cc(NC(=O)CCCc2ccc(-c3ccccc3)c(NC(=O)OC3CC[N+](C)(C)CC3)c2)ccc1C=O. The molecule has 0 atom stereocenters. The Morgan fingerprint density at radius 3 is 2.42 bits per heavy atom. The Bertz CT molecular complexity index is 1330. The average Bonchev–Trinajstić information content (AvgIpc) is 2.94. The van der Waals surface area contributed by atoms with Crippen molar-refractivity contribution in [2.45, 2.75) is 38.2 Å². The van der Waals surface area contributed by atoms with E-state index in [-0.39, 0.29) is 12.0 Å². The number of quaternary nitrogens is 1. The first kappa shape index (κ1) is 28.8. The smallest absolute Gasteiger partial charge is 0.411 e. The van der Waals surface area contributed by atoms with E-state index >= 15 is 0 Å². The minimum Gasteiger partial charge on any atom is -0.496 e. The van der Waals surface area contributed by atoms with Crippen molar-refractivity contribution in [2.75, 3.05) is 44.9 Å². The van der Waals surface area contributed by atoms with Gasteiger partial charge in [-0.3, -0.25) is 14.9 Å². The Morgan fingerprint density at radius 1 is 0.975 bits per heavy atom. The Hall–Kier alpha value is -4.17. The Balaban J connectivity index is 1.38. The lowest BCUT2D eigenvalue weighted by molar-refractivity contribution is -0.896. The molecule has 0 saturated carbocycles.